The van der Waals surface area contributed by atoms with Crippen LogP contribution in [-0.2, 0) is 20.6 Å². The van der Waals surface area contributed by atoms with E-state index < -0.39 is 17.0 Å². The molecule has 0 aliphatic carbocycles. The topological polar surface area (TPSA) is 134 Å². The molecule has 164 valence electrons. The molecule has 0 saturated carbocycles. The highest BCUT2D eigenvalue weighted by Crippen LogP contribution is 2.26. The summed E-state index contributed by atoms with van der Waals surface area (Å²) in [6.07, 6.45) is 3.78. The van der Waals surface area contributed by atoms with Gasteiger partial charge in [-0.15, -0.1) is 10.2 Å². The Bertz CT molecular complexity index is 1220. The van der Waals surface area contributed by atoms with Crippen LogP contribution < -0.4 is 21.9 Å². The summed E-state index contributed by atoms with van der Waals surface area (Å²) in [5, 5.41) is 9.14. The lowest BCUT2D eigenvalue weighted by Gasteiger charge is -2.17. The second-order valence-electron chi connectivity index (χ2n) is 7.32. The Kier molecular flexibility index (Phi) is 5.72. The average molecular weight is 446 g/mol. The molecule has 0 unspecified atom stereocenters. The van der Waals surface area contributed by atoms with E-state index in [1.54, 1.807) is 6.26 Å². The van der Waals surface area contributed by atoms with E-state index in [1.165, 1.54) is 25.9 Å². The molecule has 0 aromatic carbocycles. The zero-order valence-electron chi connectivity index (χ0n) is 17.3. The molecule has 4 heterocycles. The number of aromatic nitrogens is 5. The number of nitrogens with two attached hydrogens (primary N) is 1. The lowest BCUT2D eigenvalue weighted by molar-refractivity contribution is 0.102. The van der Waals surface area contributed by atoms with Gasteiger partial charge in [0.2, 0.25) is 5.95 Å². The van der Waals surface area contributed by atoms with Crippen LogP contribution in [0.25, 0.3) is 0 Å². The molecular weight excluding hydrogens is 422 g/mol. The predicted molar refractivity (Wildman–Crippen MR) is 116 cm³/mol. The van der Waals surface area contributed by atoms with Gasteiger partial charge in [0.1, 0.15) is 17.1 Å². The van der Waals surface area contributed by atoms with Crippen molar-refractivity contribution in [3.63, 3.8) is 0 Å². The van der Waals surface area contributed by atoms with Crippen LogP contribution in [0.4, 0.5) is 11.8 Å². The number of hydrogen-bond acceptors (Lipinski definition) is 9. The van der Waals surface area contributed by atoms with Crippen LogP contribution in [-0.4, -0.2) is 48.5 Å². The molecule has 0 radical (unpaired) electrons. The van der Waals surface area contributed by atoms with Crippen molar-refractivity contribution in [1.29, 1.82) is 0 Å². The molecule has 3 aromatic rings. The first-order valence-corrected chi connectivity index (χ1v) is 10.8. The van der Waals surface area contributed by atoms with E-state index in [0.717, 1.165) is 46.8 Å². The number of nitrogen functional groups attached to an aromatic ring is 1. The van der Waals surface area contributed by atoms with E-state index >= 15 is 0 Å². The lowest BCUT2D eigenvalue weighted by atomic mass is 10.2. The smallest absolute Gasteiger partial charge is 0.332 e. The van der Waals surface area contributed by atoms with Gasteiger partial charge in [-0.1, -0.05) is 11.8 Å². The van der Waals surface area contributed by atoms with Gasteiger partial charge in [0.25, 0.3) is 5.56 Å². The van der Waals surface area contributed by atoms with Crippen LogP contribution in [0.1, 0.15) is 29.0 Å². The number of thioether (sulfide) groups is 1. The number of rotatable bonds is 7. The zero-order chi connectivity index (χ0) is 22.1. The highest BCUT2D eigenvalue weighted by atomic mass is 32.2. The molecule has 31 heavy (non-hydrogen) atoms. The van der Waals surface area contributed by atoms with Gasteiger partial charge in [0.05, 0.1) is 18.6 Å². The van der Waals surface area contributed by atoms with E-state index in [0.29, 0.717) is 11.7 Å². The van der Waals surface area contributed by atoms with E-state index in [9.17, 15) is 14.4 Å². The highest BCUT2D eigenvalue weighted by molar-refractivity contribution is 7.99. The molecule has 2 N–H and O–H groups in total. The summed E-state index contributed by atoms with van der Waals surface area (Å²) >= 11 is 1.17. The molecule has 1 fully saturated rings. The van der Waals surface area contributed by atoms with E-state index in [4.69, 9.17) is 10.2 Å². The SMILES string of the molecule is Cn1c(N)c(C(=O)CSc2nnc(N3CCCC3)n2Cc2ccco2)c(=O)n(C)c1=O. The first kappa shape index (κ1) is 21.0. The zero-order valence-corrected chi connectivity index (χ0v) is 18.1. The Hall–Kier alpha value is -3.28. The number of carbonyl (C=O) groups is 1. The van der Waals surface area contributed by atoms with E-state index in [1.807, 2.05) is 16.7 Å². The van der Waals surface area contributed by atoms with Crippen molar-refractivity contribution >= 4 is 29.3 Å². The number of ketones is 1. The fourth-order valence-corrected chi connectivity index (χ4v) is 4.36. The van der Waals surface area contributed by atoms with E-state index in [2.05, 4.69) is 15.1 Å². The van der Waals surface area contributed by atoms with Gasteiger partial charge >= 0.3 is 5.69 Å². The molecular formula is C19H23N7O4S. The maximum Gasteiger partial charge on any atom is 0.332 e. The first-order chi connectivity index (χ1) is 14.9. The Balaban J connectivity index is 1.61. The standard InChI is InChI=1S/C19H23N7O4S/c1-23-15(20)14(16(28)24(2)19(23)29)13(27)11-31-18-22-21-17(25-7-3-4-8-25)26(18)10-12-6-5-9-30-12/h5-6,9H,3-4,7-8,10-11,20H2,1-2H3. The summed E-state index contributed by atoms with van der Waals surface area (Å²) in [6, 6.07) is 3.67. The summed E-state index contributed by atoms with van der Waals surface area (Å²) in [4.78, 5) is 39.4. The molecule has 4 rings (SSSR count). The second kappa shape index (κ2) is 8.46. The van der Waals surface area contributed by atoms with Gasteiger partial charge in [0.15, 0.2) is 10.9 Å². The summed E-state index contributed by atoms with van der Waals surface area (Å²) in [6.45, 7) is 2.21. The third kappa shape index (κ3) is 3.90. The third-order valence-electron chi connectivity index (χ3n) is 5.30. The minimum Gasteiger partial charge on any atom is -0.467 e. The summed E-state index contributed by atoms with van der Waals surface area (Å²) in [5.74, 6) is 0.766. The summed E-state index contributed by atoms with van der Waals surface area (Å²) < 4.78 is 9.35. The number of furan rings is 1. The molecule has 1 aliphatic heterocycles. The molecule has 0 atom stereocenters. The highest BCUT2D eigenvalue weighted by Gasteiger charge is 2.24. The minimum atomic E-state index is -0.707. The Morgan fingerprint density at radius 1 is 1.19 bits per heavy atom. The fraction of sp³-hybridized carbons (Fsp3) is 0.421. The van der Waals surface area contributed by atoms with Crippen LogP contribution in [0.15, 0.2) is 37.6 Å². The van der Waals surface area contributed by atoms with E-state index in [-0.39, 0.29) is 17.1 Å². The van der Waals surface area contributed by atoms with Crippen molar-refractivity contribution in [2.24, 2.45) is 14.1 Å². The number of nitrogens with zero attached hydrogens (tertiary/aromatic N) is 6. The van der Waals surface area contributed by atoms with Crippen LogP contribution >= 0.6 is 11.8 Å². The van der Waals surface area contributed by atoms with Crippen LogP contribution in [0.3, 0.4) is 0 Å². The minimum absolute atomic E-state index is 0.0755. The van der Waals surface area contributed by atoms with Gasteiger partial charge < -0.3 is 15.1 Å². The lowest BCUT2D eigenvalue weighted by Crippen LogP contribution is -2.41. The van der Waals surface area contributed by atoms with Crippen molar-refractivity contribution in [1.82, 2.24) is 23.9 Å². The molecule has 0 amide bonds. The normalized spacial score (nSPS) is 13.8. The van der Waals surface area contributed by atoms with Gasteiger partial charge in [-0.2, -0.15) is 0 Å². The molecule has 0 bridgehead atoms. The fourth-order valence-electron chi connectivity index (χ4n) is 3.56. The van der Waals surface area contributed by atoms with Gasteiger partial charge in [-0.25, -0.2) is 4.79 Å². The van der Waals surface area contributed by atoms with Crippen molar-refractivity contribution < 1.29 is 9.21 Å². The van der Waals surface area contributed by atoms with Gasteiger partial charge in [0, 0.05) is 27.2 Å². The van der Waals surface area contributed by atoms with Crippen molar-refractivity contribution in [3.8, 4) is 0 Å². The number of Topliss-reactive ketones (excluding diaryl/α,β-unsaturated/α-hetero) is 1. The monoisotopic (exact) mass is 445 g/mol. The van der Waals surface area contributed by atoms with Crippen LogP contribution in [0.2, 0.25) is 0 Å². The van der Waals surface area contributed by atoms with Crippen LogP contribution in [0, 0.1) is 0 Å². The number of anilines is 2. The quantitative estimate of drug-likeness (QED) is 0.407. The molecule has 1 aliphatic rings. The predicted octanol–water partition coefficient (Wildman–Crippen LogP) is 0.474. The van der Waals surface area contributed by atoms with Crippen molar-refractivity contribution in [3.05, 3.63) is 50.6 Å². The maximum atomic E-state index is 12.9. The Labute approximate surface area is 181 Å². The van der Waals surface area contributed by atoms with Crippen molar-refractivity contribution in [2.45, 2.75) is 24.5 Å². The summed E-state index contributed by atoms with van der Waals surface area (Å²) in [5.41, 5.74) is 4.41. The maximum absolute atomic E-state index is 12.9. The van der Waals surface area contributed by atoms with Gasteiger partial charge in [-0.05, 0) is 25.0 Å². The third-order valence-corrected chi connectivity index (χ3v) is 6.27. The molecule has 1 saturated heterocycles. The molecule has 0 spiro atoms. The number of hydrogen-bond donors (Lipinski definition) is 1. The Morgan fingerprint density at radius 2 is 1.94 bits per heavy atom. The number of carbonyl (C=O) groups excluding carboxylic acids is 1. The molecule has 11 nitrogen and oxygen atoms in total. The first-order valence-electron chi connectivity index (χ1n) is 9.80. The second-order valence-corrected chi connectivity index (χ2v) is 8.26. The Morgan fingerprint density at radius 3 is 2.61 bits per heavy atom. The molecule has 12 heteroatoms. The molecule has 3 aromatic heterocycles. The summed E-state index contributed by atoms with van der Waals surface area (Å²) in [7, 11) is 2.74. The largest absolute Gasteiger partial charge is 0.467 e. The van der Waals surface area contributed by atoms with Gasteiger partial charge in [-0.3, -0.25) is 23.3 Å². The van der Waals surface area contributed by atoms with Crippen molar-refractivity contribution in [2.75, 3.05) is 29.5 Å². The average Bonchev–Trinajstić information content (AvgIpc) is 3.52. The van der Waals surface area contributed by atoms with Crippen LogP contribution in [0.5, 0.6) is 0 Å².